The van der Waals surface area contributed by atoms with E-state index in [-0.39, 0.29) is 10.8 Å². The van der Waals surface area contributed by atoms with E-state index in [0.717, 1.165) is 0 Å². The van der Waals surface area contributed by atoms with Crippen LogP contribution in [0.4, 0.5) is 4.79 Å². The van der Waals surface area contributed by atoms with Crippen LogP contribution in [0.2, 0.25) is 18.1 Å². The number of benzene rings is 1. The van der Waals surface area contributed by atoms with Gasteiger partial charge >= 0.3 is 6.09 Å². The summed E-state index contributed by atoms with van der Waals surface area (Å²) in [6.07, 6.45) is -0.499. The van der Waals surface area contributed by atoms with Gasteiger partial charge in [-0.1, -0.05) is 20.8 Å². The molecule has 1 aromatic heterocycles. The Bertz CT molecular complexity index is 842. The first-order chi connectivity index (χ1) is 11.6. The zero-order valence-corrected chi connectivity index (χ0v) is 18.2. The summed E-state index contributed by atoms with van der Waals surface area (Å²) in [6, 6.07) is 3.21. The van der Waals surface area contributed by atoms with Gasteiger partial charge in [0.25, 0.3) is 8.32 Å². The molecule has 0 aliphatic carbocycles. The number of imidazole rings is 1. The third-order valence-electron chi connectivity index (χ3n) is 4.65. The van der Waals surface area contributed by atoms with Crippen molar-refractivity contribution < 1.29 is 19.1 Å². The third-order valence-corrected chi connectivity index (χ3v) is 8.99. The van der Waals surface area contributed by atoms with Gasteiger partial charge in [-0.25, -0.2) is 14.3 Å². The van der Waals surface area contributed by atoms with Gasteiger partial charge in [0.1, 0.15) is 17.2 Å². The highest BCUT2D eigenvalue weighted by atomic mass is 28.4. The Kier molecular flexibility index (Phi) is 4.92. The van der Waals surface area contributed by atoms with E-state index in [2.05, 4.69) is 38.8 Å². The molecule has 0 spiro atoms. The Morgan fingerprint density at radius 1 is 1.15 bits per heavy atom. The molecule has 0 atom stereocenters. The predicted molar refractivity (Wildman–Crippen MR) is 106 cm³/mol. The second-order valence-electron chi connectivity index (χ2n) is 9.15. The van der Waals surface area contributed by atoms with E-state index in [9.17, 15) is 9.90 Å². The van der Waals surface area contributed by atoms with Crippen molar-refractivity contribution in [2.45, 2.75) is 72.2 Å². The summed E-state index contributed by atoms with van der Waals surface area (Å²) in [7, 11) is -2.15. The van der Waals surface area contributed by atoms with Crippen molar-refractivity contribution in [2.75, 3.05) is 0 Å². The van der Waals surface area contributed by atoms with Gasteiger partial charge in [-0.2, -0.15) is 0 Å². The van der Waals surface area contributed by atoms with Crippen LogP contribution in [0, 0.1) is 6.92 Å². The third kappa shape index (κ3) is 4.03. The predicted octanol–water partition coefficient (Wildman–Crippen LogP) is 5.22. The van der Waals surface area contributed by atoms with Crippen LogP contribution in [0.3, 0.4) is 0 Å². The Morgan fingerprint density at radius 3 is 2.23 bits per heavy atom. The molecule has 6 nitrogen and oxygen atoms in total. The molecule has 1 aromatic carbocycles. The number of hydrogen-bond donors (Lipinski definition) is 1. The molecule has 1 heterocycles. The number of carbonyl (C=O) groups excluding carboxylic acids is 1. The van der Waals surface area contributed by atoms with E-state index in [4.69, 9.17) is 9.16 Å². The summed E-state index contributed by atoms with van der Waals surface area (Å²) in [5.74, 6) is 0.892. The number of ether oxygens (including phenoxy) is 1. The molecule has 0 fully saturated rings. The van der Waals surface area contributed by atoms with Gasteiger partial charge in [-0.05, 0) is 45.8 Å². The average molecular weight is 379 g/mol. The standard InChI is InChI=1S/C19H30N2O4Si/c1-12-20-13-10-15(22)16(25-26(8,9)19(5,6)7)11-14(13)21(12)17(23)24-18(2,3)4/h10-11,22H,1-9H3. The minimum absolute atomic E-state index is 0.0181. The summed E-state index contributed by atoms with van der Waals surface area (Å²) in [4.78, 5) is 17.0. The maximum atomic E-state index is 12.6. The first kappa shape index (κ1) is 20.3. The SMILES string of the molecule is Cc1nc2cc(O)c(O[Si](C)(C)C(C)(C)C)cc2n1C(=O)OC(C)(C)C. The first-order valence-electron chi connectivity index (χ1n) is 8.77. The van der Waals surface area contributed by atoms with Crippen LogP contribution >= 0.6 is 0 Å². The van der Waals surface area contributed by atoms with E-state index < -0.39 is 20.0 Å². The molecule has 26 heavy (non-hydrogen) atoms. The smallest absolute Gasteiger partial charge is 0.420 e. The summed E-state index contributed by atoms with van der Waals surface area (Å²) in [5.41, 5.74) is 0.467. The van der Waals surface area contributed by atoms with Gasteiger partial charge < -0.3 is 14.3 Å². The highest BCUT2D eigenvalue weighted by Crippen LogP contribution is 2.41. The zero-order chi connectivity index (χ0) is 20.1. The minimum Gasteiger partial charge on any atom is -0.541 e. The monoisotopic (exact) mass is 378 g/mol. The van der Waals surface area contributed by atoms with Crippen molar-refractivity contribution >= 4 is 25.4 Å². The molecule has 144 valence electrons. The molecular weight excluding hydrogens is 348 g/mol. The number of carbonyl (C=O) groups is 1. The highest BCUT2D eigenvalue weighted by molar-refractivity contribution is 6.74. The minimum atomic E-state index is -2.15. The number of phenolic OH excluding ortho intramolecular Hbond substituents is 1. The number of rotatable bonds is 2. The fourth-order valence-electron chi connectivity index (χ4n) is 2.26. The molecule has 1 N–H and O–H groups in total. The van der Waals surface area contributed by atoms with Gasteiger partial charge in [0, 0.05) is 12.1 Å². The molecule has 2 aromatic rings. The van der Waals surface area contributed by atoms with E-state index in [0.29, 0.717) is 22.6 Å². The number of fused-ring (bicyclic) bond motifs is 1. The second kappa shape index (κ2) is 6.30. The molecule has 0 unspecified atom stereocenters. The van der Waals surface area contributed by atoms with Crippen molar-refractivity contribution in [1.29, 1.82) is 0 Å². The second-order valence-corrected chi connectivity index (χ2v) is 13.9. The lowest BCUT2D eigenvalue weighted by Gasteiger charge is -2.36. The number of phenols is 1. The topological polar surface area (TPSA) is 73.6 Å². The van der Waals surface area contributed by atoms with Crippen LogP contribution in [-0.4, -0.2) is 34.7 Å². The van der Waals surface area contributed by atoms with Crippen molar-refractivity contribution in [3.8, 4) is 11.5 Å². The summed E-state index contributed by atoms with van der Waals surface area (Å²) in [5, 5.41) is 10.4. The number of nitrogens with zero attached hydrogens (tertiary/aromatic N) is 2. The van der Waals surface area contributed by atoms with E-state index >= 15 is 0 Å². The Morgan fingerprint density at radius 2 is 1.73 bits per heavy atom. The Balaban J connectivity index is 2.55. The first-order valence-corrected chi connectivity index (χ1v) is 11.7. The van der Waals surface area contributed by atoms with Gasteiger partial charge in [-0.15, -0.1) is 0 Å². The lowest BCUT2D eigenvalue weighted by atomic mass is 10.2. The fourth-order valence-corrected chi connectivity index (χ4v) is 3.28. The number of hydrogen-bond acceptors (Lipinski definition) is 5. The van der Waals surface area contributed by atoms with Crippen LogP contribution in [0.1, 0.15) is 47.4 Å². The van der Waals surface area contributed by atoms with Crippen LogP contribution in [0.5, 0.6) is 11.5 Å². The van der Waals surface area contributed by atoms with Gasteiger partial charge in [0.15, 0.2) is 5.75 Å². The molecule has 0 saturated carbocycles. The molecule has 0 radical (unpaired) electrons. The van der Waals surface area contributed by atoms with Crippen LogP contribution in [-0.2, 0) is 4.74 Å². The van der Waals surface area contributed by atoms with Crippen molar-refractivity contribution in [3.63, 3.8) is 0 Å². The zero-order valence-electron chi connectivity index (χ0n) is 17.2. The number of aryl methyl sites for hydroxylation is 1. The molecule has 0 aliphatic heterocycles. The van der Waals surface area contributed by atoms with Gasteiger partial charge in [0.2, 0.25) is 0 Å². The number of aromatic nitrogens is 2. The molecule has 0 saturated heterocycles. The summed E-state index contributed by atoms with van der Waals surface area (Å²) >= 11 is 0. The molecule has 7 heteroatoms. The number of aromatic hydroxyl groups is 1. The molecule has 0 aliphatic rings. The molecule has 0 bridgehead atoms. The molecule has 0 amide bonds. The van der Waals surface area contributed by atoms with Crippen LogP contribution in [0.25, 0.3) is 11.0 Å². The summed E-state index contributed by atoms with van der Waals surface area (Å²) < 4.78 is 13.1. The van der Waals surface area contributed by atoms with Crippen molar-refractivity contribution in [1.82, 2.24) is 9.55 Å². The van der Waals surface area contributed by atoms with Gasteiger partial charge in [0.05, 0.1) is 11.0 Å². The summed E-state index contributed by atoms with van der Waals surface area (Å²) in [6.45, 7) is 17.8. The molecule has 2 rings (SSSR count). The Labute approximate surface area is 156 Å². The van der Waals surface area contributed by atoms with Crippen molar-refractivity contribution in [3.05, 3.63) is 18.0 Å². The Hall–Kier alpha value is -2.02. The molecular formula is C19H30N2O4Si. The highest BCUT2D eigenvalue weighted by Gasteiger charge is 2.39. The quantitative estimate of drug-likeness (QED) is 0.725. The average Bonchev–Trinajstić information content (AvgIpc) is 2.70. The van der Waals surface area contributed by atoms with Crippen LogP contribution < -0.4 is 4.43 Å². The van der Waals surface area contributed by atoms with Crippen molar-refractivity contribution in [2.24, 2.45) is 0 Å². The largest absolute Gasteiger partial charge is 0.541 e. The van der Waals surface area contributed by atoms with E-state index in [1.54, 1.807) is 13.0 Å². The lowest BCUT2D eigenvalue weighted by Crippen LogP contribution is -2.43. The van der Waals surface area contributed by atoms with Crippen LogP contribution in [0.15, 0.2) is 12.1 Å². The maximum Gasteiger partial charge on any atom is 0.420 e. The maximum absolute atomic E-state index is 12.6. The van der Waals surface area contributed by atoms with E-state index in [1.165, 1.54) is 10.6 Å². The normalized spacial score (nSPS) is 13.1. The fraction of sp³-hybridized carbons (Fsp3) is 0.579. The van der Waals surface area contributed by atoms with Gasteiger partial charge in [-0.3, -0.25) is 0 Å². The van der Waals surface area contributed by atoms with E-state index in [1.807, 2.05) is 20.8 Å². The lowest BCUT2D eigenvalue weighted by molar-refractivity contribution is 0.0540.